The molecule has 450 valence electrons. The van der Waals surface area contributed by atoms with Gasteiger partial charge in [-0.15, -0.1) is 0 Å². The van der Waals surface area contributed by atoms with Gasteiger partial charge in [0.1, 0.15) is 110 Å². The van der Waals surface area contributed by atoms with Crippen LogP contribution in [-0.2, 0) is 52.2 Å². The number of carbonyl (C=O) groups excluding carboxylic acids is 1. The number of ether oxygens (including phenoxy) is 11. The van der Waals surface area contributed by atoms with Gasteiger partial charge in [-0.25, -0.2) is 4.79 Å². The molecule has 5 aliphatic heterocycles. The smallest absolute Gasteiger partial charge is 0.330 e. The van der Waals surface area contributed by atoms with Crippen molar-refractivity contribution in [1.82, 2.24) is 0 Å². The Hall–Kier alpha value is -1.87. The molecule has 29 nitrogen and oxygen atoms in total. The molecule has 0 amide bonds. The van der Waals surface area contributed by atoms with Gasteiger partial charge in [0, 0.05) is 31.9 Å². The van der Waals surface area contributed by atoms with Gasteiger partial charge in [-0.1, -0.05) is 6.08 Å². The largest absolute Gasteiger partial charge is 0.460 e. The van der Waals surface area contributed by atoms with Crippen LogP contribution >= 0.6 is 0 Å². The minimum absolute atomic E-state index is 0.0489. The number of carbonyl (C=O) groups is 1. The summed E-state index contributed by atoms with van der Waals surface area (Å²) in [7, 11) is 1.46. The predicted octanol–water partition coefficient (Wildman–Crippen LogP) is -8.75. The second kappa shape index (κ2) is 27.2. The summed E-state index contributed by atoms with van der Waals surface area (Å²) >= 11 is 0. The lowest BCUT2D eigenvalue weighted by Gasteiger charge is -2.51. The van der Waals surface area contributed by atoms with Crippen molar-refractivity contribution in [3.63, 3.8) is 0 Å². The van der Waals surface area contributed by atoms with Crippen LogP contribution in [0.5, 0.6) is 0 Å². The van der Waals surface area contributed by atoms with Gasteiger partial charge in [-0.3, -0.25) is 0 Å². The second-order valence-electron chi connectivity index (χ2n) is 22.0. The lowest BCUT2D eigenvalue weighted by molar-refractivity contribution is -0.390. The highest BCUT2D eigenvalue weighted by atomic mass is 16.8. The topological polar surface area (TPSA) is 466 Å². The van der Waals surface area contributed by atoms with Crippen molar-refractivity contribution < 1.29 is 144 Å². The predicted molar refractivity (Wildman–Crippen MR) is 252 cm³/mol. The molecule has 0 aromatic carbocycles. The summed E-state index contributed by atoms with van der Waals surface area (Å²) in [6.45, 7) is -2.90. The Morgan fingerprint density at radius 2 is 1.03 bits per heavy atom. The van der Waals surface area contributed by atoms with Gasteiger partial charge in [0.25, 0.3) is 0 Å². The maximum absolute atomic E-state index is 13.0. The number of rotatable bonds is 17. The average Bonchev–Trinajstić information content (AvgIpc) is 3.51. The molecule has 78 heavy (non-hydrogen) atoms. The van der Waals surface area contributed by atoms with Crippen LogP contribution in [0, 0.1) is 17.8 Å². The monoisotopic (exact) mass is 1130 g/mol. The molecule has 0 bridgehead atoms. The van der Waals surface area contributed by atoms with E-state index in [-0.39, 0.29) is 43.9 Å². The summed E-state index contributed by atoms with van der Waals surface area (Å²) in [4.78, 5) is 13.0. The van der Waals surface area contributed by atoms with Crippen LogP contribution in [0.2, 0.25) is 0 Å². The molecule has 0 spiro atoms. The molecule has 0 aromatic heterocycles. The molecule has 5 saturated heterocycles. The molecule has 5 heterocycles. The minimum atomic E-state index is -1.94. The molecule has 32 atom stereocenters. The van der Waals surface area contributed by atoms with Crippen LogP contribution in [-0.4, -0.2) is 309 Å². The fraction of sp³-hybridized carbons (Fsp3) is 0.939. The maximum Gasteiger partial charge on any atom is 0.330 e. The standard InChI is InChI=1S/C49H80O29/c1-68-26-9-18(4-5-21(26)54)44-27(73-49-45(40(64)35(59)30(15-52)76-49)78-48-43(67)38(62)34(58)29(14-51)75-48)12-20-24(70-44)10-19(53)11-25(20)72-47-42(66)39(63)36(60)31(77-47)16-69-32(56)7-3-17-2-6-23(22(55)8-17)71-46-41(65)37(61)33(57)28(13-50)74-46/h3,7,17-31,33-55,57-67H,2,4-6,8-16H2,1H3/p+1. The van der Waals surface area contributed by atoms with Crippen LogP contribution in [0.1, 0.15) is 57.8 Å². The lowest BCUT2D eigenvalue weighted by atomic mass is 9.72. The molecule has 3 aliphatic carbocycles. The highest BCUT2D eigenvalue weighted by molar-refractivity contribution is 5.81. The Labute approximate surface area is 447 Å². The Kier molecular flexibility index (Phi) is 21.7. The molecular weight excluding hydrogens is 1050 g/mol. The van der Waals surface area contributed by atoms with E-state index in [1.165, 1.54) is 13.2 Å². The zero-order valence-corrected chi connectivity index (χ0v) is 42.9. The summed E-state index contributed by atoms with van der Waals surface area (Å²) < 4.78 is 63.9. The number of hydrogen-bond acceptors (Lipinski definition) is 28. The first-order valence-electron chi connectivity index (χ1n) is 26.8. The number of hydrogen-bond donors (Lipinski definition) is 17. The third kappa shape index (κ3) is 13.7. The molecule has 3 saturated carbocycles. The minimum Gasteiger partial charge on any atom is -0.460 e. The van der Waals surface area contributed by atoms with Crippen molar-refractivity contribution >= 4 is 5.97 Å². The molecular formula is C49H81O29+. The van der Waals surface area contributed by atoms with E-state index in [0.29, 0.717) is 25.7 Å². The summed E-state index contributed by atoms with van der Waals surface area (Å²) in [5.41, 5.74) is 0. The highest BCUT2D eigenvalue weighted by Crippen LogP contribution is 2.45. The quantitative estimate of drug-likeness (QED) is 0.0365. The zero-order valence-electron chi connectivity index (χ0n) is 42.9. The van der Waals surface area contributed by atoms with Crippen molar-refractivity contribution in [3.8, 4) is 0 Å². The van der Waals surface area contributed by atoms with Crippen LogP contribution in [0.4, 0.5) is 0 Å². The van der Waals surface area contributed by atoms with Crippen molar-refractivity contribution in [2.24, 2.45) is 17.8 Å². The van der Waals surface area contributed by atoms with Gasteiger partial charge in [0.15, 0.2) is 37.4 Å². The van der Waals surface area contributed by atoms with E-state index in [9.17, 15) is 91.6 Å². The molecule has 29 heteroatoms. The van der Waals surface area contributed by atoms with Gasteiger partial charge < -0.3 is 139 Å². The Bertz CT molecular complexity index is 1910. The number of aliphatic hydroxyl groups excluding tert-OH is 17. The van der Waals surface area contributed by atoms with E-state index >= 15 is 0 Å². The second-order valence-corrected chi connectivity index (χ2v) is 22.0. The number of aliphatic hydroxyl groups is 19. The first kappa shape index (κ1) is 62.2. The fourth-order valence-corrected chi connectivity index (χ4v) is 12.3. The van der Waals surface area contributed by atoms with E-state index < -0.39 is 216 Å². The van der Waals surface area contributed by atoms with Crippen molar-refractivity contribution in [2.45, 2.75) is 236 Å². The summed E-state index contributed by atoms with van der Waals surface area (Å²) in [5, 5.41) is 180. The number of esters is 1. The van der Waals surface area contributed by atoms with E-state index in [1.807, 2.05) is 0 Å². The Morgan fingerprint density at radius 1 is 0.500 bits per heavy atom. The van der Waals surface area contributed by atoms with Gasteiger partial charge >= 0.3 is 5.97 Å². The van der Waals surface area contributed by atoms with Gasteiger partial charge in [-0.05, 0) is 50.9 Å². The van der Waals surface area contributed by atoms with Crippen LogP contribution in [0.25, 0.3) is 0 Å². The van der Waals surface area contributed by atoms with E-state index in [0.717, 1.165) is 6.08 Å². The zero-order chi connectivity index (χ0) is 56.4. The van der Waals surface area contributed by atoms with E-state index in [1.54, 1.807) is 0 Å². The molecule has 0 radical (unpaired) electrons. The number of methoxy groups -OCH3 is 1. The summed E-state index contributed by atoms with van der Waals surface area (Å²) in [6.07, 6.45) is -36.8. The maximum atomic E-state index is 13.0. The first-order valence-corrected chi connectivity index (χ1v) is 26.8. The van der Waals surface area contributed by atoms with Gasteiger partial charge in [-0.2, -0.15) is 0 Å². The highest BCUT2D eigenvalue weighted by Gasteiger charge is 2.58. The van der Waals surface area contributed by atoms with Gasteiger partial charge in [0.05, 0.1) is 62.4 Å². The third-order valence-electron chi connectivity index (χ3n) is 16.9. The van der Waals surface area contributed by atoms with Crippen molar-refractivity contribution in [3.05, 3.63) is 12.2 Å². The average molecular weight is 1130 g/mol. The fourth-order valence-electron chi connectivity index (χ4n) is 12.3. The molecule has 18 N–H and O–H groups in total. The number of allylic oxidation sites excluding steroid dienone is 1. The lowest BCUT2D eigenvalue weighted by Crippen LogP contribution is -2.66. The van der Waals surface area contributed by atoms with Crippen molar-refractivity contribution in [1.29, 1.82) is 0 Å². The number of fused-ring (bicyclic) bond motifs is 1. The van der Waals surface area contributed by atoms with E-state index in [4.69, 9.17) is 52.1 Å². The summed E-state index contributed by atoms with van der Waals surface area (Å²) in [5.74, 6) is -2.23. The summed E-state index contributed by atoms with van der Waals surface area (Å²) in [6, 6.07) is 0. The van der Waals surface area contributed by atoms with Crippen LogP contribution in [0.3, 0.4) is 0 Å². The molecule has 8 fully saturated rings. The molecule has 0 aromatic rings. The van der Waals surface area contributed by atoms with Crippen LogP contribution < -0.4 is 0 Å². The third-order valence-corrected chi connectivity index (χ3v) is 16.9. The van der Waals surface area contributed by atoms with E-state index in [2.05, 4.69) is 0 Å². The SMILES string of the molecule is COC1CC(C2[OH+]C3CC(O)CC(OC4OC(COC(=O)C=CC5CCC(OC6OC(CO)C(O)C(O)C6O)C(O)C5)C(O)C(O)C4O)C3CC2OC2OC(CO)C(O)C(O)C2OC2OC(CO)C(O)C(O)C2O)CCC1O. The molecule has 32 unspecified atom stereocenters. The Balaban J connectivity index is 0.933. The molecule has 8 rings (SSSR count). The Morgan fingerprint density at radius 3 is 1.60 bits per heavy atom. The van der Waals surface area contributed by atoms with Crippen molar-refractivity contribution in [2.75, 3.05) is 33.5 Å². The first-order chi connectivity index (χ1) is 37.2. The molecule has 8 aliphatic rings. The van der Waals surface area contributed by atoms with Gasteiger partial charge in [0.2, 0.25) is 0 Å². The van der Waals surface area contributed by atoms with Crippen LogP contribution in [0.15, 0.2) is 12.2 Å². The normalized spacial score (nSPS) is 51.5.